The maximum absolute atomic E-state index is 9.65. The van der Waals surface area contributed by atoms with E-state index in [2.05, 4.69) is 5.32 Å². The van der Waals surface area contributed by atoms with Crippen LogP contribution in [0.4, 0.5) is 22.7 Å². The zero-order chi connectivity index (χ0) is 11.5. The minimum absolute atomic E-state index is 0.113. The zero-order valence-electron chi connectivity index (χ0n) is 8.64. The summed E-state index contributed by atoms with van der Waals surface area (Å²) < 4.78 is 0. The van der Waals surface area contributed by atoms with E-state index >= 15 is 0 Å². The molecule has 4 heteroatoms. The van der Waals surface area contributed by atoms with Crippen LogP contribution in [0.5, 0.6) is 5.75 Å². The molecule has 0 aliphatic carbocycles. The first kappa shape index (κ1) is 10.2. The molecule has 0 saturated carbocycles. The summed E-state index contributed by atoms with van der Waals surface area (Å²) in [5.41, 5.74) is 13.8. The molecule has 0 radical (unpaired) electrons. The molecule has 0 spiro atoms. The monoisotopic (exact) mass is 215 g/mol. The number of hydrogen-bond donors (Lipinski definition) is 4. The van der Waals surface area contributed by atoms with Crippen LogP contribution in [0.2, 0.25) is 0 Å². The Morgan fingerprint density at radius 3 is 2.44 bits per heavy atom. The first-order valence-electron chi connectivity index (χ1n) is 4.87. The van der Waals surface area contributed by atoms with Gasteiger partial charge in [-0.2, -0.15) is 0 Å². The number of aromatic hydroxyl groups is 1. The predicted octanol–water partition coefficient (Wildman–Crippen LogP) is 2.30. The highest BCUT2D eigenvalue weighted by Crippen LogP contribution is 2.32. The second-order valence-electron chi connectivity index (χ2n) is 3.49. The Morgan fingerprint density at radius 1 is 1.00 bits per heavy atom. The van der Waals surface area contributed by atoms with E-state index in [4.69, 9.17) is 11.5 Å². The van der Waals surface area contributed by atoms with Crippen molar-refractivity contribution < 1.29 is 5.11 Å². The fraction of sp³-hybridized carbons (Fsp3) is 0. The largest absolute Gasteiger partial charge is 0.506 e. The summed E-state index contributed by atoms with van der Waals surface area (Å²) in [5.74, 6) is 0.113. The van der Waals surface area contributed by atoms with Gasteiger partial charge in [-0.25, -0.2) is 0 Å². The number of phenolic OH excluding ortho intramolecular Hbond substituents is 1. The SMILES string of the molecule is Nc1cccc(Nc2c(N)cccc2O)c1. The summed E-state index contributed by atoms with van der Waals surface area (Å²) in [7, 11) is 0. The van der Waals surface area contributed by atoms with Gasteiger partial charge >= 0.3 is 0 Å². The van der Waals surface area contributed by atoms with Crippen LogP contribution in [0.15, 0.2) is 42.5 Å². The van der Waals surface area contributed by atoms with Gasteiger partial charge in [0, 0.05) is 11.4 Å². The van der Waals surface area contributed by atoms with Gasteiger partial charge in [0.05, 0.1) is 5.69 Å². The van der Waals surface area contributed by atoms with Crippen LogP contribution < -0.4 is 16.8 Å². The summed E-state index contributed by atoms with van der Waals surface area (Å²) in [4.78, 5) is 0. The standard InChI is InChI=1S/C12H13N3O/c13-8-3-1-4-9(7-8)15-12-10(14)5-2-6-11(12)16/h1-7,15-16H,13-14H2. The number of benzene rings is 2. The Balaban J connectivity index is 2.34. The summed E-state index contributed by atoms with van der Waals surface area (Å²) in [6, 6.07) is 12.2. The van der Waals surface area contributed by atoms with E-state index in [0.717, 1.165) is 5.69 Å². The van der Waals surface area contributed by atoms with Gasteiger partial charge in [-0.15, -0.1) is 0 Å². The molecule has 0 aromatic heterocycles. The number of nitrogens with one attached hydrogen (secondary N) is 1. The van der Waals surface area contributed by atoms with Crippen molar-refractivity contribution in [2.24, 2.45) is 0 Å². The first-order chi connectivity index (χ1) is 7.66. The molecule has 0 heterocycles. The second-order valence-corrected chi connectivity index (χ2v) is 3.49. The summed E-state index contributed by atoms with van der Waals surface area (Å²) in [5, 5.41) is 12.7. The number of para-hydroxylation sites is 1. The smallest absolute Gasteiger partial charge is 0.141 e. The highest BCUT2D eigenvalue weighted by Gasteiger charge is 2.04. The van der Waals surface area contributed by atoms with Crippen molar-refractivity contribution in [1.29, 1.82) is 0 Å². The number of phenols is 1. The van der Waals surface area contributed by atoms with Crippen LogP contribution in [-0.2, 0) is 0 Å². The molecule has 0 unspecified atom stereocenters. The average molecular weight is 215 g/mol. The maximum atomic E-state index is 9.65. The van der Waals surface area contributed by atoms with Crippen LogP contribution in [0.3, 0.4) is 0 Å². The summed E-state index contributed by atoms with van der Waals surface area (Å²) in [6.07, 6.45) is 0. The zero-order valence-corrected chi connectivity index (χ0v) is 8.64. The molecule has 2 aromatic rings. The third kappa shape index (κ3) is 2.00. The van der Waals surface area contributed by atoms with Gasteiger partial charge in [-0.3, -0.25) is 0 Å². The molecule has 0 saturated heterocycles. The predicted molar refractivity (Wildman–Crippen MR) is 66.7 cm³/mol. The molecular formula is C12H13N3O. The molecular weight excluding hydrogens is 202 g/mol. The number of rotatable bonds is 2. The van der Waals surface area contributed by atoms with Crippen molar-refractivity contribution >= 4 is 22.7 Å². The van der Waals surface area contributed by atoms with Crippen molar-refractivity contribution in [3.8, 4) is 5.75 Å². The van der Waals surface area contributed by atoms with Gasteiger partial charge in [0.15, 0.2) is 0 Å². The van der Waals surface area contributed by atoms with Crippen LogP contribution in [0, 0.1) is 0 Å². The molecule has 16 heavy (non-hydrogen) atoms. The third-order valence-electron chi connectivity index (χ3n) is 2.23. The first-order valence-corrected chi connectivity index (χ1v) is 4.87. The molecule has 6 N–H and O–H groups in total. The Hall–Kier alpha value is -2.36. The topological polar surface area (TPSA) is 84.3 Å². The van der Waals surface area contributed by atoms with Crippen molar-refractivity contribution in [3.63, 3.8) is 0 Å². The Morgan fingerprint density at radius 2 is 1.75 bits per heavy atom. The quantitative estimate of drug-likeness (QED) is 0.457. The number of anilines is 4. The fourth-order valence-electron chi connectivity index (χ4n) is 1.45. The highest BCUT2D eigenvalue weighted by atomic mass is 16.3. The lowest BCUT2D eigenvalue weighted by molar-refractivity contribution is 0.478. The minimum Gasteiger partial charge on any atom is -0.506 e. The van der Waals surface area contributed by atoms with Gasteiger partial charge in [0.1, 0.15) is 11.4 Å². The van der Waals surface area contributed by atoms with Gasteiger partial charge < -0.3 is 21.9 Å². The van der Waals surface area contributed by atoms with E-state index in [9.17, 15) is 5.11 Å². The fourth-order valence-corrected chi connectivity index (χ4v) is 1.45. The molecule has 82 valence electrons. The highest BCUT2D eigenvalue weighted by molar-refractivity contribution is 5.78. The number of nitrogen functional groups attached to an aromatic ring is 2. The molecule has 0 bridgehead atoms. The third-order valence-corrected chi connectivity index (χ3v) is 2.23. The van der Waals surface area contributed by atoms with Crippen molar-refractivity contribution in [1.82, 2.24) is 0 Å². The van der Waals surface area contributed by atoms with Crippen LogP contribution in [0.1, 0.15) is 0 Å². The van der Waals surface area contributed by atoms with Crippen LogP contribution >= 0.6 is 0 Å². The van der Waals surface area contributed by atoms with Gasteiger partial charge in [0.2, 0.25) is 0 Å². The van der Waals surface area contributed by atoms with Gasteiger partial charge in [-0.1, -0.05) is 12.1 Å². The van der Waals surface area contributed by atoms with E-state index in [1.807, 2.05) is 12.1 Å². The normalized spacial score (nSPS) is 10.0. The second kappa shape index (κ2) is 4.02. The van der Waals surface area contributed by atoms with Crippen molar-refractivity contribution in [2.75, 3.05) is 16.8 Å². The molecule has 0 aliphatic rings. The van der Waals surface area contributed by atoms with E-state index in [1.54, 1.807) is 30.3 Å². The number of hydrogen-bond acceptors (Lipinski definition) is 4. The van der Waals surface area contributed by atoms with E-state index in [0.29, 0.717) is 17.1 Å². The molecule has 0 fully saturated rings. The molecule has 4 nitrogen and oxygen atoms in total. The minimum atomic E-state index is 0.113. The molecule has 2 aromatic carbocycles. The van der Waals surface area contributed by atoms with Gasteiger partial charge in [-0.05, 0) is 30.3 Å². The lowest BCUT2D eigenvalue weighted by atomic mass is 10.2. The summed E-state index contributed by atoms with van der Waals surface area (Å²) in [6.45, 7) is 0. The molecule has 0 amide bonds. The summed E-state index contributed by atoms with van der Waals surface area (Å²) >= 11 is 0. The van der Waals surface area contributed by atoms with Crippen molar-refractivity contribution in [3.05, 3.63) is 42.5 Å². The van der Waals surface area contributed by atoms with Crippen LogP contribution in [-0.4, -0.2) is 5.11 Å². The molecule has 0 atom stereocenters. The number of nitrogens with two attached hydrogens (primary N) is 2. The van der Waals surface area contributed by atoms with Gasteiger partial charge in [0.25, 0.3) is 0 Å². The Kier molecular flexibility index (Phi) is 2.55. The Bertz CT molecular complexity index is 491. The van der Waals surface area contributed by atoms with E-state index in [-0.39, 0.29) is 5.75 Å². The molecule has 0 aliphatic heterocycles. The lowest BCUT2D eigenvalue weighted by Crippen LogP contribution is -1.97. The Labute approximate surface area is 93.5 Å². The average Bonchev–Trinajstić information content (AvgIpc) is 2.24. The molecule has 2 rings (SSSR count). The lowest BCUT2D eigenvalue weighted by Gasteiger charge is -2.11. The maximum Gasteiger partial charge on any atom is 0.141 e. The van der Waals surface area contributed by atoms with Crippen molar-refractivity contribution in [2.45, 2.75) is 0 Å². The van der Waals surface area contributed by atoms with Crippen LogP contribution in [0.25, 0.3) is 0 Å². The van der Waals surface area contributed by atoms with E-state index in [1.165, 1.54) is 0 Å². The van der Waals surface area contributed by atoms with E-state index < -0.39 is 0 Å².